The van der Waals surface area contributed by atoms with Crippen molar-refractivity contribution in [3.05, 3.63) is 0 Å². The van der Waals surface area contributed by atoms with Gasteiger partial charge in [0.2, 0.25) is 0 Å². The summed E-state index contributed by atoms with van der Waals surface area (Å²) < 4.78 is 0. The first-order valence-corrected chi connectivity index (χ1v) is 3.66. The summed E-state index contributed by atoms with van der Waals surface area (Å²) in [5.74, 6) is 2.86. The molecule has 0 saturated heterocycles. The molecule has 0 saturated carbocycles. The van der Waals surface area contributed by atoms with Crippen LogP contribution >= 0.6 is 11.8 Å². The summed E-state index contributed by atoms with van der Waals surface area (Å²) in [5.41, 5.74) is 0. The first-order valence-electron chi connectivity index (χ1n) is 2.50. The van der Waals surface area contributed by atoms with Gasteiger partial charge in [-0.1, -0.05) is 5.92 Å². The number of terminal acetylenes is 1. The predicted octanol–water partition coefficient (Wildman–Crippen LogP) is 0.828. The van der Waals surface area contributed by atoms with Crippen LogP contribution in [0.3, 0.4) is 0 Å². The smallest absolute Gasteiger partial charge is 0.304 e. The Balaban J connectivity index is 2.94. The van der Waals surface area contributed by atoms with Gasteiger partial charge in [0.25, 0.3) is 0 Å². The van der Waals surface area contributed by atoms with Crippen molar-refractivity contribution in [3.8, 4) is 12.3 Å². The Morgan fingerprint density at radius 1 is 1.78 bits per heavy atom. The van der Waals surface area contributed by atoms with Gasteiger partial charge < -0.3 is 5.11 Å². The molecule has 1 N–H and O–H groups in total. The van der Waals surface area contributed by atoms with Crippen LogP contribution in [0.4, 0.5) is 0 Å². The molecule has 0 unspecified atom stereocenters. The number of carboxylic acids is 1. The van der Waals surface area contributed by atoms with Gasteiger partial charge in [0, 0.05) is 5.75 Å². The quantitative estimate of drug-likeness (QED) is 0.469. The number of carbonyl (C=O) groups is 1. The van der Waals surface area contributed by atoms with Crippen molar-refractivity contribution in [2.75, 3.05) is 11.5 Å². The highest BCUT2D eigenvalue weighted by Crippen LogP contribution is 1.99. The van der Waals surface area contributed by atoms with Gasteiger partial charge in [-0.15, -0.1) is 18.2 Å². The van der Waals surface area contributed by atoms with Crippen LogP contribution in [0.1, 0.15) is 6.42 Å². The Morgan fingerprint density at radius 3 is 2.89 bits per heavy atom. The van der Waals surface area contributed by atoms with Crippen molar-refractivity contribution in [3.63, 3.8) is 0 Å². The fourth-order valence-electron chi connectivity index (χ4n) is 0.291. The molecule has 9 heavy (non-hydrogen) atoms. The Labute approximate surface area is 58.6 Å². The molecule has 0 heterocycles. The van der Waals surface area contributed by atoms with Gasteiger partial charge in [0.15, 0.2) is 0 Å². The standard InChI is InChI=1S/C6H8O2S/c1-2-4-9-5-3-6(7)8/h1H,3-5H2,(H,7,8). The highest BCUT2D eigenvalue weighted by molar-refractivity contribution is 7.99. The zero-order chi connectivity index (χ0) is 7.11. The molecule has 50 valence electrons. The van der Waals surface area contributed by atoms with E-state index >= 15 is 0 Å². The number of hydrogen-bond acceptors (Lipinski definition) is 2. The minimum atomic E-state index is -0.764. The van der Waals surface area contributed by atoms with Crippen molar-refractivity contribution < 1.29 is 9.90 Å². The van der Waals surface area contributed by atoms with Crippen molar-refractivity contribution >= 4 is 17.7 Å². The molecular weight excluding hydrogens is 136 g/mol. The molecule has 0 aliphatic carbocycles. The summed E-state index contributed by atoms with van der Waals surface area (Å²) in [6, 6.07) is 0. The number of hydrogen-bond donors (Lipinski definition) is 1. The van der Waals surface area contributed by atoms with Crippen LogP contribution in [0.2, 0.25) is 0 Å². The normalized spacial score (nSPS) is 8.33. The SMILES string of the molecule is C#CCSCCC(=O)O. The van der Waals surface area contributed by atoms with Crippen molar-refractivity contribution in [2.24, 2.45) is 0 Å². The van der Waals surface area contributed by atoms with Gasteiger partial charge in [-0.3, -0.25) is 4.79 Å². The lowest BCUT2D eigenvalue weighted by Gasteiger charge is -1.90. The summed E-state index contributed by atoms with van der Waals surface area (Å²) in [6.07, 6.45) is 5.13. The van der Waals surface area contributed by atoms with Gasteiger partial charge >= 0.3 is 5.97 Å². The molecular formula is C6H8O2S. The minimum absolute atomic E-state index is 0.201. The first kappa shape index (κ1) is 8.38. The van der Waals surface area contributed by atoms with Crippen LogP contribution < -0.4 is 0 Å². The van der Waals surface area contributed by atoms with Crippen LogP contribution in [0.15, 0.2) is 0 Å². The Hall–Kier alpha value is -0.620. The zero-order valence-electron chi connectivity index (χ0n) is 4.96. The maximum Gasteiger partial charge on any atom is 0.304 e. The summed E-state index contributed by atoms with van der Waals surface area (Å²) in [5, 5.41) is 8.15. The van der Waals surface area contributed by atoms with Crippen LogP contribution in [0.25, 0.3) is 0 Å². The van der Waals surface area contributed by atoms with Crippen molar-refractivity contribution in [1.29, 1.82) is 0 Å². The van der Waals surface area contributed by atoms with Gasteiger partial charge in [0.1, 0.15) is 0 Å². The summed E-state index contributed by atoms with van der Waals surface area (Å²) in [6.45, 7) is 0. The molecule has 0 rings (SSSR count). The van der Waals surface area contributed by atoms with E-state index in [-0.39, 0.29) is 6.42 Å². The fourth-order valence-corrected chi connectivity index (χ4v) is 0.872. The molecule has 0 bridgehead atoms. The van der Waals surface area contributed by atoms with E-state index in [1.165, 1.54) is 11.8 Å². The van der Waals surface area contributed by atoms with Crippen LogP contribution in [-0.4, -0.2) is 22.6 Å². The lowest BCUT2D eigenvalue weighted by molar-refractivity contribution is -0.136. The van der Waals surface area contributed by atoms with Crippen LogP contribution in [0.5, 0.6) is 0 Å². The van der Waals surface area contributed by atoms with E-state index in [0.717, 1.165) is 0 Å². The maximum atomic E-state index is 9.90. The second-order valence-corrected chi connectivity index (χ2v) is 2.51. The second kappa shape index (κ2) is 5.52. The molecule has 0 spiro atoms. The van der Waals surface area contributed by atoms with E-state index in [2.05, 4.69) is 5.92 Å². The van der Waals surface area contributed by atoms with Gasteiger partial charge in [-0.25, -0.2) is 0 Å². The summed E-state index contributed by atoms with van der Waals surface area (Å²) >= 11 is 1.46. The molecule has 0 aromatic rings. The Kier molecular flexibility index (Phi) is 5.14. The molecule has 0 aliphatic heterocycles. The fraction of sp³-hybridized carbons (Fsp3) is 0.500. The van der Waals surface area contributed by atoms with E-state index in [9.17, 15) is 4.79 Å². The maximum absolute atomic E-state index is 9.90. The summed E-state index contributed by atoms with van der Waals surface area (Å²) in [7, 11) is 0. The average molecular weight is 144 g/mol. The van der Waals surface area contributed by atoms with E-state index in [1.807, 2.05) is 0 Å². The molecule has 0 aromatic heterocycles. The second-order valence-electron chi connectivity index (χ2n) is 1.40. The third kappa shape index (κ3) is 7.38. The average Bonchev–Trinajstić information content (AvgIpc) is 1.80. The van der Waals surface area contributed by atoms with Gasteiger partial charge in [-0.05, 0) is 0 Å². The molecule has 2 nitrogen and oxygen atoms in total. The number of rotatable bonds is 4. The largest absolute Gasteiger partial charge is 0.481 e. The zero-order valence-corrected chi connectivity index (χ0v) is 5.78. The van der Waals surface area contributed by atoms with Crippen molar-refractivity contribution in [1.82, 2.24) is 0 Å². The van der Waals surface area contributed by atoms with Gasteiger partial charge in [0.05, 0.1) is 12.2 Å². The van der Waals surface area contributed by atoms with E-state index in [4.69, 9.17) is 11.5 Å². The Bertz CT molecular complexity index is 126. The number of thioether (sulfide) groups is 1. The highest BCUT2D eigenvalue weighted by Gasteiger charge is 1.93. The predicted molar refractivity (Wildman–Crippen MR) is 38.4 cm³/mol. The summed E-state index contributed by atoms with van der Waals surface area (Å²) in [4.78, 5) is 9.90. The lowest BCUT2D eigenvalue weighted by atomic mass is 10.5. The third-order valence-electron chi connectivity index (χ3n) is 0.646. The molecule has 0 amide bonds. The molecule has 3 heteroatoms. The number of carboxylic acid groups (broad SMARTS) is 1. The first-order chi connectivity index (χ1) is 4.27. The number of aliphatic carboxylic acids is 1. The lowest BCUT2D eigenvalue weighted by Crippen LogP contribution is -1.95. The molecule has 0 radical (unpaired) electrons. The van der Waals surface area contributed by atoms with Crippen LogP contribution in [-0.2, 0) is 4.79 Å². The van der Waals surface area contributed by atoms with E-state index < -0.39 is 5.97 Å². The molecule has 0 aliphatic rings. The monoisotopic (exact) mass is 144 g/mol. The minimum Gasteiger partial charge on any atom is -0.481 e. The van der Waals surface area contributed by atoms with Crippen LogP contribution in [0, 0.1) is 12.3 Å². The molecule has 0 aromatic carbocycles. The highest BCUT2D eigenvalue weighted by atomic mass is 32.2. The molecule has 0 atom stereocenters. The van der Waals surface area contributed by atoms with Crippen molar-refractivity contribution in [2.45, 2.75) is 6.42 Å². The van der Waals surface area contributed by atoms with Gasteiger partial charge in [-0.2, -0.15) is 0 Å². The molecule has 0 fully saturated rings. The third-order valence-corrected chi connectivity index (χ3v) is 1.51. The van der Waals surface area contributed by atoms with E-state index in [1.54, 1.807) is 0 Å². The Morgan fingerprint density at radius 2 is 2.44 bits per heavy atom. The van der Waals surface area contributed by atoms with E-state index in [0.29, 0.717) is 11.5 Å². The topological polar surface area (TPSA) is 37.3 Å².